The first kappa shape index (κ1) is 18.2. The van der Waals surface area contributed by atoms with Crippen molar-refractivity contribution in [1.29, 1.82) is 0 Å². The number of hydrazine groups is 1. The van der Waals surface area contributed by atoms with Gasteiger partial charge in [0.15, 0.2) is 17.7 Å². The molecule has 0 saturated carbocycles. The first-order valence-corrected chi connectivity index (χ1v) is 8.05. The lowest BCUT2D eigenvalue weighted by Crippen LogP contribution is -2.82. The van der Waals surface area contributed by atoms with Crippen molar-refractivity contribution in [3.63, 3.8) is 0 Å². The van der Waals surface area contributed by atoms with E-state index in [1.54, 1.807) is 7.11 Å². The molecule has 22 heavy (non-hydrogen) atoms. The third-order valence-electron chi connectivity index (χ3n) is 2.96. The van der Waals surface area contributed by atoms with Gasteiger partial charge in [-0.15, -0.1) is 10.5 Å². The van der Waals surface area contributed by atoms with Crippen molar-refractivity contribution < 1.29 is 14.6 Å². The van der Waals surface area contributed by atoms with Crippen LogP contribution >= 0.6 is 12.2 Å². The van der Waals surface area contributed by atoms with Crippen molar-refractivity contribution >= 4 is 23.5 Å². The van der Waals surface area contributed by atoms with Gasteiger partial charge in [0.05, 0.1) is 13.7 Å². The quantitative estimate of drug-likeness (QED) is 0.275. The van der Waals surface area contributed by atoms with Crippen LogP contribution in [0.15, 0.2) is 18.2 Å². The molecule has 5 nitrogen and oxygen atoms in total. The molecule has 0 unspecified atom stereocenters. The Morgan fingerprint density at radius 2 is 2.09 bits per heavy atom. The van der Waals surface area contributed by atoms with E-state index in [9.17, 15) is 0 Å². The van der Waals surface area contributed by atoms with E-state index >= 15 is 0 Å². The minimum Gasteiger partial charge on any atom is -0.493 e. The summed E-state index contributed by atoms with van der Waals surface area (Å²) in [7, 11) is 1.64. The minimum atomic E-state index is 0.557. The lowest BCUT2D eigenvalue weighted by atomic mass is 10.2. The molecule has 0 aliphatic carbocycles. The predicted molar refractivity (Wildman–Crippen MR) is 93.6 cm³/mol. The molecule has 0 fully saturated rings. The Morgan fingerprint density at radius 1 is 1.27 bits per heavy atom. The number of thiocarbonyl (C=S) groups is 1. The van der Waals surface area contributed by atoms with Crippen LogP contribution in [0.5, 0.6) is 11.5 Å². The summed E-state index contributed by atoms with van der Waals surface area (Å²) in [5.41, 5.74) is 3.84. The largest absolute Gasteiger partial charge is 0.493 e. The fraction of sp³-hybridized carbons (Fsp3) is 0.500. The van der Waals surface area contributed by atoms with Crippen LogP contribution in [-0.2, 0) is 0 Å². The number of ether oxygens (including phenoxy) is 2. The molecule has 0 heterocycles. The van der Waals surface area contributed by atoms with Crippen LogP contribution in [0.4, 0.5) is 0 Å². The molecule has 0 atom stereocenters. The second-order valence-electron chi connectivity index (χ2n) is 4.74. The summed E-state index contributed by atoms with van der Waals surface area (Å²) in [4.78, 5) is 0. The van der Waals surface area contributed by atoms with E-state index < -0.39 is 0 Å². The molecule has 1 aromatic rings. The second-order valence-corrected chi connectivity index (χ2v) is 5.15. The van der Waals surface area contributed by atoms with E-state index in [0.29, 0.717) is 11.7 Å². The lowest BCUT2D eigenvalue weighted by Gasteiger charge is -2.10. The zero-order valence-electron chi connectivity index (χ0n) is 13.6. The van der Waals surface area contributed by atoms with E-state index in [0.717, 1.165) is 30.0 Å². The summed E-state index contributed by atoms with van der Waals surface area (Å²) in [6, 6.07) is 5.80. The third-order valence-corrected chi connectivity index (χ3v) is 3.20. The van der Waals surface area contributed by atoms with Crippen LogP contribution in [0.1, 0.15) is 38.7 Å². The highest BCUT2D eigenvalue weighted by Gasteiger charge is 2.06. The van der Waals surface area contributed by atoms with Gasteiger partial charge in [-0.25, -0.2) is 0 Å². The fourth-order valence-electron chi connectivity index (χ4n) is 1.82. The number of hydrogen-bond donors (Lipinski definition) is 3. The summed E-state index contributed by atoms with van der Waals surface area (Å²) in [5.74, 6) is 1.49. The van der Waals surface area contributed by atoms with Crippen molar-refractivity contribution in [1.82, 2.24) is 10.7 Å². The van der Waals surface area contributed by atoms with E-state index in [2.05, 4.69) is 22.8 Å². The van der Waals surface area contributed by atoms with Gasteiger partial charge in [-0.1, -0.05) is 19.8 Å². The predicted octanol–water partition coefficient (Wildman–Crippen LogP) is 1.16. The minimum absolute atomic E-state index is 0.557. The van der Waals surface area contributed by atoms with Gasteiger partial charge in [-0.05, 0) is 43.8 Å². The zero-order valence-corrected chi connectivity index (χ0v) is 14.4. The second kappa shape index (κ2) is 10.8. The molecule has 1 aromatic carbocycles. The standard InChI is InChI=1S/C16H25N3O2S/c1-4-6-7-10-21-14-9-8-13(11-15(14)20-3)12-18-19-16(22)17-5-2/h8-9,11-12H,4-7,10H2,1-3H3,(H2,17,19,22)/p+1. The Hall–Kier alpha value is -1.82. The number of hydrazone groups is 1. The van der Waals surface area contributed by atoms with Crippen molar-refractivity contribution in [2.45, 2.75) is 33.1 Å². The average Bonchev–Trinajstić information content (AvgIpc) is 2.52. The van der Waals surface area contributed by atoms with Gasteiger partial charge in [0, 0.05) is 12.1 Å². The molecule has 0 saturated heterocycles. The van der Waals surface area contributed by atoms with Crippen LogP contribution in [0, 0.1) is 0 Å². The Kier molecular flexibility index (Phi) is 8.98. The van der Waals surface area contributed by atoms with Gasteiger partial charge >= 0.3 is 0 Å². The SMILES string of the molecule is CCCCCOc1ccc(C=[NH+]NC(=S)NCC)cc1OC. The van der Waals surface area contributed by atoms with Gasteiger partial charge in [-0.2, -0.15) is 0 Å². The number of methoxy groups -OCH3 is 1. The maximum Gasteiger partial charge on any atom is 0.223 e. The molecule has 1 rings (SSSR count). The third kappa shape index (κ3) is 6.76. The average molecular weight is 324 g/mol. The van der Waals surface area contributed by atoms with Crippen LogP contribution in [-0.4, -0.2) is 31.6 Å². The highest BCUT2D eigenvalue weighted by atomic mass is 32.1. The highest BCUT2D eigenvalue weighted by molar-refractivity contribution is 7.80. The first-order chi connectivity index (χ1) is 10.7. The van der Waals surface area contributed by atoms with E-state index in [-0.39, 0.29) is 0 Å². The lowest BCUT2D eigenvalue weighted by molar-refractivity contribution is -0.500. The summed E-state index contributed by atoms with van der Waals surface area (Å²) in [6.45, 7) is 5.66. The molecule has 122 valence electrons. The summed E-state index contributed by atoms with van der Waals surface area (Å²) >= 11 is 5.06. The van der Waals surface area contributed by atoms with Gasteiger partial charge < -0.3 is 14.8 Å². The van der Waals surface area contributed by atoms with E-state index in [1.807, 2.05) is 31.3 Å². The number of unbranched alkanes of at least 4 members (excludes halogenated alkanes) is 2. The molecule has 0 spiro atoms. The Morgan fingerprint density at radius 3 is 2.77 bits per heavy atom. The normalized spacial score (nSPS) is 10.5. The zero-order chi connectivity index (χ0) is 16.2. The van der Waals surface area contributed by atoms with Crippen molar-refractivity contribution in [2.24, 2.45) is 0 Å². The van der Waals surface area contributed by atoms with Crippen LogP contribution in [0.2, 0.25) is 0 Å². The fourth-order valence-corrected chi connectivity index (χ4v) is 2.02. The van der Waals surface area contributed by atoms with Gasteiger partial charge in [0.2, 0.25) is 5.11 Å². The summed E-state index contributed by atoms with van der Waals surface area (Å²) in [6.07, 6.45) is 5.23. The van der Waals surface area contributed by atoms with Crippen molar-refractivity contribution in [3.05, 3.63) is 23.8 Å². The number of rotatable bonds is 9. The van der Waals surface area contributed by atoms with Gasteiger partial charge in [-0.3, -0.25) is 0 Å². The monoisotopic (exact) mass is 324 g/mol. The Bertz CT molecular complexity index is 492. The van der Waals surface area contributed by atoms with Crippen LogP contribution < -0.4 is 25.3 Å². The molecular formula is C16H26N3O2S+. The summed E-state index contributed by atoms with van der Waals surface area (Å²) in [5, 5.41) is 6.49. The number of hydrogen-bond acceptors (Lipinski definition) is 3. The highest BCUT2D eigenvalue weighted by Crippen LogP contribution is 2.27. The Balaban J connectivity index is 2.59. The molecule has 0 radical (unpaired) electrons. The first-order valence-electron chi connectivity index (χ1n) is 7.64. The molecule has 0 amide bonds. The van der Waals surface area contributed by atoms with E-state index in [1.165, 1.54) is 12.8 Å². The smallest absolute Gasteiger partial charge is 0.223 e. The van der Waals surface area contributed by atoms with Crippen molar-refractivity contribution in [2.75, 3.05) is 20.3 Å². The molecule has 3 N–H and O–H groups in total. The van der Waals surface area contributed by atoms with E-state index in [4.69, 9.17) is 21.7 Å². The Labute approximate surface area is 138 Å². The maximum atomic E-state index is 5.75. The topological polar surface area (TPSA) is 56.5 Å². The summed E-state index contributed by atoms with van der Waals surface area (Å²) < 4.78 is 11.1. The molecule has 0 aromatic heterocycles. The van der Waals surface area contributed by atoms with Crippen molar-refractivity contribution in [3.8, 4) is 11.5 Å². The van der Waals surface area contributed by atoms with Gasteiger partial charge in [0.25, 0.3) is 0 Å². The number of nitrogens with one attached hydrogen (secondary N) is 3. The van der Waals surface area contributed by atoms with Gasteiger partial charge in [0.1, 0.15) is 0 Å². The molecule has 0 bridgehead atoms. The number of benzene rings is 1. The van der Waals surface area contributed by atoms with Crippen LogP contribution in [0.25, 0.3) is 0 Å². The molecule has 0 aliphatic heterocycles. The van der Waals surface area contributed by atoms with Crippen LogP contribution in [0.3, 0.4) is 0 Å². The maximum absolute atomic E-state index is 5.75. The molecular weight excluding hydrogens is 298 g/mol. The molecule has 6 heteroatoms. The molecule has 0 aliphatic rings.